The molecule has 1 aromatic heterocycles. The average molecular weight is 357 g/mol. The lowest BCUT2D eigenvalue weighted by Gasteiger charge is -2.39. The summed E-state index contributed by atoms with van der Waals surface area (Å²) in [5.74, 6) is 0.0227. The lowest BCUT2D eigenvalue weighted by atomic mass is 9.83. The minimum Gasteiger partial charge on any atom is -0.352 e. The van der Waals surface area contributed by atoms with Crippen LogP contribution >= 0.6 is 11.3 Å². The van der Waals surface area contributed by atoms with Crippen LogP contribution in [0.5, 0.6) is 0 Å². The molecule has 0 N–H and O–H groups in total. The van der Waals surface area contributed by atoms with Crippen LogP contribution in [-0.2, 0) is 21.7 Å². The number of rotatable bonds is 3. The second-order valence-electron chi connectivity index (χ2n) is 7.01. The Hall–Kier alpha value is -1.76. The number of hydrogen-bond donors (Lipinski definition) is 0. The molecule has 2 aliphatic rings. The van der Waals surface area contributed by atoms with Gasteiger partial charge < -0.3 is 9.64 Å². The van der Waals surface area contributed by atoms with E-state index in [1.54, 1.807) is 30.3 Å². The van der Waals surface area contributed by atoms with Crippen LogP contribution in [0.4, 0.5) is 0 Å². The maximum Gasteiger partial charge on any atom is 0.255 e. The second kappa shape index (κ2) is 6.52. The standard InChI is InChI=1S/C19H23N3O2S/c1-21(2)18(23)17-14-5-3-4-6-15(14)19(24-17)7-10-22(11-8-19)13-16-20-9-12-25-16/h3-6,9,12,17H,7-8,10-11,13H2,1-2H3/t17-/m1/s1. The molecule has 1 saturated heterocycles. The number of likely N-dealkylation sites (tertiary alicyclic amines) is 1. The van der Waals surface area contributed by atoms with Gasteiger partial charge in [-0.1, -0.05) is 24.3 Å². The molecule has 0 bridgehead atoms. The lowest BCUT2D eigenvalue weighted by Crippen LogP contribution is -2.42. The number of ether oxygens (including phenoxy) is 1. The molecule has 1 atom stereocenters. The van der Waals surface area contributed by atoms with Crippen LogP contribution in [0.3, 0.4) is 0 Å². The van der Waals surface area contributed by atoms with Crippen molar-refractivity contribution < 1.29 is 9.53 Å². The van der Waals surface area contributed by atoms with Crippen LogP contribution in [0.1, 0.15) is 35.1 Å². The number of thiazole rings is 1. The molecule has 1 amide bonds. The zero-order valence-corrected chi connectivity index (χ0v) is 15.5. The van der Waals surface area contributed by atoms with Crippen molar-refractivity contribution in [2.75, 3.05) is 27.2 Å². The average Bonchev–Trinajstić information content (AvgIpc) is 3.24. The van der Waals surface area contributed by atoms with Gasteiger partial charge >= 0.3 is 0 Å². The van der Waals surface area contributed by atoms with Gasteiger partial charge in [-0.25, -0.2) is 4.98 Å². The van der Waals surface area contributed by atoms with Gasteiger partial charge in [-0.3, -0.25) is 9.69 Å². The van der Waals surface area contributed by atoms with Crippen LogP contribution in [-0.4, -0.2) is 47.9 Å². The van der Waals surface area contributed by atoms with Gasteiger partial charge in [0.15, 0.2) is 6.10 Å². The molecule has 1 fully saturated rings. The fourth-order valence-electron chi connectivity index (χ4n) is 3.89. The summed E-state index contributed by atoms with van der Waals surface area (Å²) in [6.45, 7) is 2.81. The normalized spacial score (nSPS) is 22.1. The number of aromatic nitrogens is 1. The Morgan fingerprint density at radius 3 is 2.80 bits per heavy atom. The summed E-state index contributed by atoms with van der Waals surface area (Å²) in [5, 5.41) is 3.18. The van der Waals surface area contributed by atoms with E-state index in [0.717, 1.165) is 43.0 Å². The van der Waals surface area contributed by atoms with E-state index in [1.165, 1.54) is 5.56 Å². The summed E-state index contributed by atoms with van der Waals surface area (Å²) >= 11 is 1.70. The summed E-state index contributed by atoms with van der Waals surface area (Å²) in [5.41, 5.74) is 1.91. The zero-order valence-electron chi connectivity index (χ0n) is 14.6. The van der Waals surface area contributed by atoms with Crippen LogP contribution < -0.4 is 0 Å². The van der Waals surface area contributed by atoms with Gasteiger partial charge in [-0.2, -0.15) is 0 Å². The molecule has 6 heteroatoms. The first-order chi connectivity index (χ1) is 12.1. The first kappa shape index (κ1) is 16.7. The monoisotopic (exact) mass is 357 g/mol. The largest absolute Gasteiger partial charge is 0.352 e. The minimum atomic E-state index is -0.475. The molecule has 132 valence electrons. The topological polar surface area (TPSA) is 45.7 Å². The molecule has 3 heterocycles. The molecule has 0 aliphatic carbocycles. The fourth-order valence-corrected chi connectivity index (χ4v) is 4.55. The maximum absolute atomic E-state index is 12.6. The van der Waals surface area contributed by atoms with Crippen molar-refractivity contribution in [3.63, 3.8) is 0 Å². The number of hydrogen-bond acceptors (Lipinski definition) is 5. The Kier molecular flexibility index (Phi) is 4.35. The first-order valence-corrected chi connectivity index (χ1v) is 9.56. The third-order valence-electron chi connectivity index (χ3n) is 5.25. The van der Waals surface area contributed by atoms with Crippen LogP contribution in [0.2, 0.25) is 0 Å². The first-order valence-electron chi connectivity index (χ1n) is 8.68. The number of carbonyl (C=O) groups is 1. The van der Waals surface area contributed by atoms with Gasteiger partial charge in [0.05, 0.1) is 12.1 Å². The smallest absolute Gasteiger partial charge is 0.255 e. The van der Waals surface area contributed by atoms with Crippen molar-refractivity contribution >= 4 is 17.2 Å². The van der Waals surface area contributed by atoms with Gasteiger partial charge in [-0.15, -0.1) is 11.3 Å². The van der Waals surface area contributed by atoms with E-state index in [-0.39, 0.29) is 11.5 Å². The van der Waals surface area contributed by atoms with Gasteiger partial charge in [0.2, 0.25) is 0 Å². The van der Waals surface area contributed by atoms with E-state index < -0.39 is 6.10 Å². The lowest BCUT2D eigenvalue weighted by molar-refractivity contribution is -0.158. The molecule has 5 nitrogen and oxygen atoms in total. The third-order valence-corrected chi connectivity index (χ3v) is 6.01. The molecule has 1 spiro atoms. The van der Waals surface area contributed by atoms with E-state index in [4.69, 9.17) is 4.74 Å². The minimum absolute atomic E-state index is 0.0227. The summed E-state index contributed by atoms with van der Waals surface area (Å²) < 4.78 is 6.44. The summed E-state index contributed by atoms with van der Waals surface area (Å²) in [6, 6.07) is 8.22. The Bertz CT molecular complexity index is 752. The van der Waals surface area contributed by atoms with Crippen molar-refractivity contribution in [3.05, 3.63) is 52.0 Å². The zero-order chi connectivity index (χ0) is 17.4. The van der Waals surface area contributed by atoms with Gasteiger partial charge in [-0.05, 0) is 24.0 Å². The molecule has 0 unspecified atom stereocenters. The Morgan fingerprint density at radius 1 is 1.36 bits per heavy atom. The highest BCUT2D eigenvalue weighted by molar-refractivity contribution is 7.09. The molecule has 2 aromatic rings. The van der Waals surface area contributed by atoms with Crippen LogP contribution in [0.15, 0.2) is 35.8 Å². The Morgan fingerprint density at radius 2 is 2.12 bits per heavy atom. The predicted octanol–water partition coefficient (Wildman–Crippen LogP) is 2.79. The number of nitrogens with zero attached hydrogens (tertiary/aromatic N) is 3. The molecule has 0 radical (unpaired) electrons. The van der Waals surface area contributed by atoms with E-state index in [2.05, 4.69) is 22.0 Å². The third kappa shape index (κ3) is 2.99. The Labute approximate surface area is 152 Å². The molecule has 25 heavy (non-hydrogen) atoms. The van der Waals surface area contributed by atoms with Crippen molar-refractivity contribution in [1.82, 2.24) is 14.8 Å². The maximum atomic E-state index is 12.6. The summed E-state index contributed by atoms with van der Waals surface area (Å²) in [4.78, 5) is 21.0. The predicted molar refractivity (Wildman–Crippen MR) is 97.3 cm³/mol. The highest BCUT2D eigenvalue weighted by atomic mass is 32.1. The van der Waals surface area contributed by atoms with Crippen molar-refractivity contribution in [2.24, 2.45) is 0 Å². The van der Waals surface area contributed by atoms with Gasteiger partial charge in [0.25, 0.3) is 5.91 Å². The molecule has 0 saturated carbocycles. The fraction of sp³-hybridized carbons (Fsp3) is 0.474. The molecular weight excluding hydrogens is 334 g/mol. The van der Waals surface area contributed by atoms with Gasteiger partial charge in [0.1, 0.15) is 5.01 Å². The molecular formula is C19H23N3O2S. The number of carbonyl (C=O) groups excluding carboxylic acids is 1. The van der Waals surface area contributed by atoms with E-state index in [1.807, 2.05) is 23.7 Å². The van der Waals surface area contributed by atoms with Crippen LogP contribution in [0.25, 0.3) is 0 Å². The Balaban J connectivity index is 1.54. The summed E-state index contributed by atoms with van der Waals surface area (Å²) in [7, 11) is 3.58. The molecule has 4 rings (SSSR count). The van der Waals surface area contributed by atoms with Crippen LogP contribution in [0, 0.1) is 0 Å². The van der Waals surface area contributed by atoms with E-state index in [9.17, 15) is 4.79 Å². The number of amides is 1. The highest BCUT2D eigenvalue weighted by Crippen LogP contribution is 2.49. The number of benzene rings is 1. The highest BCUT2D eigenvalue weighted by Gasteiger charge is 2.48. The summed E-state index contributed by atoms with van der Waals surface area (Å²) in [6.07, 6.45) is 3.20. The number of likely N-dealkylation sites (N-methyl/N-ethyl adjacent to an activating group) is 1. The van der Waals surface area contributed by atoms with E-state index in [0.29, 0.717) is 0 Å². The van der Waals surface area contributed by atoms with E-state index >= 15 is 0 Å². The number of fused-ring (bicyclic) bond motifs is 2. The van der Waals surface area contributed by atoms with Gasteiger partial charge in [0, 0.05) is 38.8 Å². The van der Waals surface area contributed by atoms with Crippen molar-refractivity contribution in [3.8, 4) is 0 Å². The van der Waals surface area contributed by atoms with Crippen molar-refractivity contribution in [1.29, 1.82) is 0 Å². The second-order valence-corrected chi connectivity index (χ2v) is 7.99. The number of piperidine rings is 1. The quantitative estimate of drug-likeness (QED) is 0.847. The molecule has 1 aromatic carbocycles. The molecule has 2 aliphatic heterocycles. The SMILES string of the molecule is CN(C)C(=O)[C@@H]1OC2(CCN(Cc3nccs3)CC2)c2ccccc21. The van der Waals surface area contributed by atoms with Crippen molar-refractivity contribution in [2.45, 2.75) is 31.1 Å².